The average molecular weight is 426 g/mol. The minimum Gasteiger partial charge on any atom is -0.311 e. The van der Waals surface area contributed by atoms with Gasteiger partial charge in [0, 0.05) is 49.6 Å². The predicted molar refractivity (Wildman–Crippen MR) is 117 cm³/mol. The molecule has 1 amide bonds. The molecule has 2 aromatic rings. The molecule has 0 unspecified atom stereocenters. The third kappa shape index (κ3) is 5.08. The van der Waals surface area contributed by atoms with Crippen molar-refractivity contribution in [1.82, 2.24) is 9.80 Å². The Bertz CT molecular complexity index is 968. The minimum absolute atomic E-state index is 0.0253. The lowest BCUT2D eigenvalue weighted by molar-refractivity contribution is -0.384. The molecule has 31 heavy (non-hydrogen) atoms. The zero-order chi connectivity index (χ0) is 21.8. The Kier molecular flexibility index (Phi) is 6.58. The summed E-state index contributed by atoms with van der Waals surface area (Å²) in [5.41, 5.74) is 2.42. The van der Waals surface area contributed by atoms with E-state index in [1.165, 1.54) is 12.1 Å². The number of aryl methyl sites for hydroxylation is 1. The van der Waals surface area contributed by atoms with Crippen LogP contribution in [0.15, 0.2) is 42.5 Å². The van der Waals surface area contributed by atoms with Crippen LogP contribution in [-0.4, -0.2) is 59.9 Å². The fourth-order valence-corrected chi connectivity index (χ4v) is 4.44. The van der Waals surface area contributed by atoms with Crippen molar-refractivity contribution in [3.8, 4) is 0 Å². The van der Waals surface area contributed by atoms with E-state index in [4.69, 9.17) is 0 Å². The van der Waals surface area contributed by atoms with Crippen LogP contribution in [0.3, 0.4) is 0 Å². The standard InChI is InChI=1S/C23H27FN4O3/c24-21-7-2-1-5-19(21)16-25-10-4-11-26(14-13-25)17-23(29)27-12-3-6-18-15-20(28(30)31)8-9-22(18)27/h1-2,5,7-9,15H,3-4,6,10-14,16-17H2. The second-order valence-corrected chi connectivity index (χ2v) is 8.22. The number of rotatable bonds is 5. The Hall–Kier alpha value is -2.84. The number of nitro groups is 1. The Morgan fingerprint density at radius 3 is 2.58 bits per heavy atom. The van der Waals surface area contributed by atoms with Crippen LogP contribution in [-0.2, 0) is 17.8 Å². The monoisotopic (exact) mass is 426 g/mol. The maximum Gasteiger partial charge on any atom is 0.269 e. The topological polar surface area (TPSA) is 69.9 Å². The number of non-ortho nitro benzene ring substituents is 1. The molecule has 2 heterocycles. The number of anilines is 1. The van der Waals surface area contributed by atoms with Gasteiger partial charge in [-0.3, -0.25) is 24.7 Å². The molecule has 0 aliphatic carbocycles. The Labute approximate surface area is 181 Å². The van der Waals surface area contributed by atoms with Gasteiger partial charge in [-0.1, -0.05) is 18.2 Å². The van der Waals surface area contributed by atoms with E-state index in [2.05, 4.69) is 9.80 Å². The molecule has 2 aromatic carbocycles. The van der Waals surface area contributed by atoms with E-state index in [9.17, 15) is 19.3 Å². The van der Waals surface area contributed by atoms with Crippen molar-refractivity contribution in [2.45, 2.75) is 25.8 Å². The number of nitro benzene ring substituents is 1. The SMILES string of the molecule is O=C(CN1CCCN(Cc2ccccc2F)CC1)N1CCCc2cc([N+](=O)[O-])ccc21. The summed E-state index contributed by atoms with van der Waals surface area (Å²) in [6.07, 6.45) is 2.47. The smallest absolute Gasteiger partial charge is 0.269 e. The summed E-state index contributed by atoms with van der Waals surface area (Å²) in [5, 5.41) is 11.1. The number of fused-ring (bicyclic) bond motifs is 1. The molecule has 0 spiro atoms. The second kappa shape index (κ2) is 9.53. The van der Waals surface area contributed by atoms with E-state index in [1.807, 2.05) is 12.1 Å². The van der Waals surface area contributed by atoms with Crippen molar-refractivity contribution in [3.63, 3.8) is 0 Å². The molecule has 1 fully saturated rings. The molecule has 1 saturated heterocycles. The lowest BCUT2D eigenvalue weighted by Crippen LogP contribution is -2.43. The summed E-state index contributed by atoms with van der Waals surface area (Å²) in [6.45, 7) is 4.76. The van der Waals surface area contributed by atoms with Crippen LogP contribution in [0.1, 0.15) is 24.0 Å². The van der Waals surface area contributed by atoms with Crippen LogP contribution in [0, 0.1) is 15.9 Å². The first-order valence-corrected chi connectivity index (χ1v) is 10.8. The number of nitrogens with zero attached hydrogens (tertiary/aromatic N) is 4. The van der Waals surface area contributed by atoms with Crippen LogP contribution in [0.5, 0.6) is 0 Å². The molecular formula is C23H27FN4O3. The normalized spacial score (nSPS) is 17.8. The average Bonchev–Trinajstić information content (AvgIpc) is 2.99. The third-order valence-electron chi connectivity index (χ3n) is 6.09. The first kappa shape index (κ1) is 21.4. The molecular weight excluding hydrogens is 399 g/mol. The van der Waals surface area contributed by atoms with E-state index in [1.54, 1.807) is 23.1 Å². The van der Waals surface area contributed by atoms with Crippen LogP contribution in [0.2, 0.25) is 0 Å². The largest absolute Gasteiger partial charge is 0.311 e. The summed E-state index contributed by atoms with van der Waals surface area (Å²) in [6, 6.07) is 11.6. The number of amides is 1. The molecule has 4 rings (SSSR count). The first-order chi connectivity index (χ1) is 15.0. The molecule has 164 valence electrons. The highest BCUT2D eigenvalue weighted by molar-refractivity contribution is 5.96. The number of carbonyl (C=O) groups is 1. The van der Waals surface area contributed by atoms with E-state index >= 15 is 0 Å². The maximum atomic E-state index is 14.0. The predicted octanol–water partition coefficient (Wildman–Crippen LogP) is 3.22. The van der Waals surface area contributed by atoms with Gasteiger partial charge in [0.25, 0.3) is 5.69 Å². The number of halogens is 1. The van der Waals surface area contributed by atoms with Crippen molar-refractivity contribution < 1.29 is 14.1 Å². The van der Waals surface area contributed by atoms with Crippen LogP contribution < -0.4 is 4.90 Å². The van der Waals surface area contributed by atoms with Crippen molar-refractivity contribution in [2.75, 3.05) is 44.2 Å². The van der Waals surface area contributed by atoms with Crippen molar-refractivity contribution >= 4 is 17.3 Å². The molecule has 2 aliphatic rings. The number of benzene rings is 2. The molecule has 0 saturated carbocycles. The van der Waals surface area contributed by atoms with Gasteiger partial charge in [0.15, 0.2) is 0 Å². The molecule has 0 bridgehead atoms. The van der Waals surface area contributed by atoms with E-state index < -0.39 is 4.92 Å². The lowest BCUT2D eigenvalue weighted by Gasteiger charge is -2.31. The molecule has 8 heteroatoms. The zero-order valence-corrected chi connectivity index (χ0v) is 17.5. The van der Waals surface area contributed by atoms with Crippen LogP contribution >= 0.6 is 0 Å². The van der Waals surface area contributed by atoms with E-state index in [0.717, 1.165) is 56.7 Å². The summed E-state index contributed by atoms with van der Waals surface area (Å²) in [4.78, 5) is 29.9. The fourth-order valence-electron chi connectivity index (χ4n) is 4.44. The molecule has 0 atom stereocenters. The van der Waals surface area contributed by atoms with Gasteiger partial charge < -0.3 is 4.90 Å². The highest BCUT2D eigenvalue weighted by Gasteiger charge is 2.26. The van der Waals surface area contributed by atoms with Crippen molar-refractivity contribution in [3.05, 3.63) is 69.5 Å². The minimum atomic E-state index is -0.397. The van der Waals surface area contributed by atoms with Gasteiger partial charge in [0.2, 0.25) is 5.91 Å². The van der Waals surface area contributed by atoms with Crippen LogP contribution in [0.25, 0.3) is 0 Å². The van der Waals surface area contributed by atoms with Gasteiger partial charge in [0.05, 0.1) is 11.5 Å². The Morgan fingerprint density at radius 2 is 1.77 bits per heavy atom. The summed E-state index contributed by atoms with van der Waals surface area (Å²) >= 11 is 0. The maximum absolute atomic E-state index is 14.0. The third-order valence-corrected chi connectivity index (χ3v) is 6.09. The van der Waals surface area contributed by atoms with Gasteiger partial charge in [-0.2, -0.15) is 0 Å². The highest BCUT2D eigenvalue weighted by Crippen LogP contribution is 2.30. The summed E-state index contributed by atoms with van der Waals surface area (Å²) in [7, 11) is 0. The number of carbonyl (C=O) groups excluding carboxylic acids is 1. The molecule has 0 N–H and O–H groups in total. The first-order valence-electron chi connectivity index (χ1n) is 10.8. The van der Waals surface area contributed by atoms with Gasteiger partial charge in [-0.05, 0) is 50.0 Å². The van der Waals surface area contributed by atoms with Crippen molar-refractivity contribution in [1.29, 1.82) is 0 Å². The summed E-state index contributed by atoms with van der Waals surface area (Å²) < 4.78 is 14.0. The molecule has 2 aliphatic heterocycles. The second-order valence-electron chi connectivity index (χ2n) is 8.22. The highest BCUT2D eigenvalue weighted by atomic mass is 19.1. The zero-order valence-electron chi connectivity index (χ0n) is 17.5. The van der Waals surface area contributed by atoms with Crippen LogP contribution in [0.4, 0.5) is 15.8 Å². The molecule has 0 aromatic heterocycles. The van der Waals surface area contributed by atoms with Crippen molar-refractivity contribution in [2.24, 2.45) is 0 Å². The Balaban J connectivity index is 1.36. The lowest BCUT2D eigenvalue weighted by atomic mass is 10.0. The quantitative estimate of drug-likeness (QED) is 0.542. The van der Waals surface area contributed by atoms with E-state index in [0.29, 0.717) is 25.2 Å². The number of hydrogen-bond acceptors (Lipinski definition) is 5. The van der Waals surface area contributed by atoms with Gasteiger partial charge in [-0.25, -0.2) is 4.39 Å². The Morgan fingerprint density at radius 1 is 1.00 bits per heavy atom. The molecule has 7 nitrogen and oxygen atoms in total. The fraction of sp³-hybridized carbons (Fsp3) is 0.435. The van der Waals surface area contributed by atoms with Gasteiger partial charge in [-0.15, -0.1) is 0 Å². The van der Waals surface area contributed by atoms with Gasteiger partial charge >= 0.3 is 0 Å². The molecule has 0 radical (unpaired) electrons. The number of hydrogen-bond donors (Lipinski definition) is 0. The summed E-state index contributed by atoms with van der Waals surface area (Å²) in [5.74, 6) is -0.153. The van der Waals surface area contributed by atoms with E-state index in [-0.39, 0.29) is 17.4 Å². The van der Waals surface area contributed by atoms with Gasteiger partial charge in [0.1, 0.15) is 5.82 Å².